The minimum atomic E-state index is -0.653. The van der Waals surface area contributed by atoms with Gasteiger partial charge in [-0.1, -0.05) is 78.9 Å². The third-order valence-corrected chi connectivity index (χ3v) is 8.18. The summed E-state index contributed by atoms with van der Waals surface area (Å²) in [5.41, 5.74) is 6.44. The molecule has 0 aromatic heterocycles. The fourth-order valence-electron chi connectivity index (χ4n) is 5.73. The zero-order valence-corrected chi connectivity index (χ0v) is 24.8. The number of amides is 1. The number of fused-ring (bicyclic) bond motifs is 1. The van der Waals surface area contributed by atoms with Gasteiger partial charge < -0.3 is 30.4 Å². The number of phenols is 3. The molecule has 0 saturated carbocycles. The van der Waals surface area contributed by atoms with Crippen LogP contribution >= 0.6 is 0 Å². The smallest absolute Gasteiger partial charge is 0.258 e. The third kappa shape index (κ3) is 7.74. The van der Waals surface area contributed by atoms with Crippen LogP contribution in [0.1, 0.15) is 50.2 Å². The molecule has 4 N–H and O–H groups in total. The Labute approximate surface area is 254 Å². The largest absolute Gasteiger partial charge is 0.504 e. The lowest BCUT2D eigenvalue weighted by Gasteiger charge is -2.30. The van der Waals surface area contributed by atoms with Gasteiger partial charge in [-0.05, 0) is 79.7 Å². The second kappa shape index (κ2) is 14.2. The average Bonchev–Trinajstić information content (AvgIpc) is 3.03. The number of phenolic OH excluding ortho intramolecular Hbond substituents is 3. The van der Waals surface area contributed by atoms with E-state index in [2.05, 4.69) is 59.9 Å². The van der Waals surface area contributed by atoms with Crippen molar-refractivity contribution in [3.05, 3.63) is 124 Å². The Morgan fingerprint density at radius 3 is 2.23 bits per heavy atom. The number of carbonyl (C=O) groups excluding carboxylic acids is 1. The molecule has 0 unspecified atom stereocenters. The second-order valence-electron chi connectivity index (χ2n) is 11.4. The van der Waals surface area contributed by atoms with Crippen molar-refractivity contribution in [1.29, 1.82) is 0 Å². The van der Waals surface area contributed by atoms with Crippen LogP contribution < -0.4 is 5.32 Å². The molecular formula is C36H41N3O4. The number of aromatic hydroxyl groups is 3. The number of nitrogens with one attached hydrogen (secondary N) is 1. The standard InChI is InChI=1S/C36H41N3O4/c1-38(19-8-13-26-9-4-2-5-10-26)24-31-22-32(34(41)35(42)33(31)40)36(43)39-20-17-29-15-14-28(21-30(29)25-39)23-37-18-16-27-11-6-3-7-12-27/h2-7,9-12,14-15,21-22,37,40-42H,8,13,16-20,23-25H2,1H3. The first-order valence-electron chi connectivity index (χ1n) is 15.0. The van der Waals surface area contributed by atoms with Crippen LogP contribution in [0.4, 0.5) is 0 Å². The van der Waals surface area contributed by atoms with E-state index in [1.54, 1.807) is 4.90 Å². The van der Waals surface area contributed by atoms with Crippen molar-refractivity contribution in [1.82, 2.24) is 15.1 Å². The second-order valence-corrected chi connectivity index (χ2v) is 11.4. The average molecular weight is 580 g/mol. The molecule has 0 fully saturated rings. The Morgan fingerprint density at radius 2 is 1.51 bits per heavy atom. The predicted molar refractivity (Wildman–Crippen MR) is 169 cm³/mol. The van der Waals surface area contributed by atoms with Gasteiger partial charge in [0, 0.05) is 31.7 Å². The van der Waals surface area contributed by atoms with E-state index in [0.717, 1.165) is 50.0 Å². The van der Waals surface area contributed by atoms with E-state index in [-0.39, 0.29) is 11.5 Å². The highest BCUT2D eigenvalue weighted by Crippen LogP contribution is 2.41. The lowest BCUT2D eigenvalue weighted by molar-refractivity contribution is 0.0730. The van der Waals surface area contributed by atoms with E-state index >= 15 is 0 Å². The van der Waals surface area contributed by atoms with Gasteiger partial charge in [0.2, 0.25) is 5.75 Å². The van der Waals surface area contributed by atoms with Crippen LogP contribution in [0, 0.1) is 0 Å². The molecule has 0 radical (unpaired) electrons. The number of hydrogen-bond acceptors (Lipinski definition) is 6. The van der Waals surface area contributed by atoms with Crippen molar-refractivity contribution in [3.63, 3.8) is 0 Å². The molecule has 43 heavy (non-hydrogen) atoms. The zero-order valence-electron chi connectivity index (χ0n) is 24.8. The monoisotopic (exact) mass is 579 g/mol. The minimum absolute atomic E-state index is 0.00479. The van der Waals surface area contributed by atoms with Crippen LogP contribution in [0.2, 0.25) is 0 Å². The van der Waals surface area contributed by atoms with Crippen molar-refractivity contribution >= 4 is 5.91 Å². The fraction of sp³-hybridized carbons (Fsp3) is 0.306. The zero-order chi connectivity index (χ0) is 30.2. The Bertz CT molecular complexity index is 1530. The maximum Gasteiger partial charge on any atom is 0.258 e. The Kier molecular flexibility index (Phi) is 9.97. The molecule has 0 spiro atoms. The van der Waals surface area contributed by atoms with Crippen LogP contribution in [-0.4, -0.2) is 57.7 Å². The van der Waals surface area contributed by atoms with Crippen molar-refractivity contribution in [2.24, 2.45) is 0 Å². The SMILES string of the molecule is CN(CCCc1ccccc1)Cc1cc(C(=O)N2CCc3ccc(CNCCc4ccccc4)cc3C2)c(O)c(O)c1O. The first kappa shape index (κ1) is 30.1. The maximum absolute atomic E-state index is 13.6. The molecule has 7 nitrogen and oxygen atoms in total. The quantitative estimate of drug-likeness (QED) is 0.133. The lowest BCUT2D eigenvalue weighted by Crippen LogP contribution is -2.36. The molecule has 0 saturated heterocycles. The van der Waals surface area contributed by atoms with Gasteiger partial charge in [0.15, 0.2) is 11.5 Å². The van der Waals surface area contributed by atoms with Gasteiger partial charge in [-0.3, -0.25) is 4.79 Å². The third-order valence-electron chi connectivity index (χ3n) is 8.18. The summed E-state index contributed by atoms with van der Waals surface area (Å²) < 4.78 is 0. The van der Waals surface area contributed by atoms with Crippen LogP contribution in [0.15, 0.2) is 84.9 Å². The number of benzene rings is 4. The summed E-state index contributed by atoms with van der Waals surface area (Å²) >= 11 is 0. The first-order chi connectivity index (χ1) is 20.9. The molecule has 4 aromatic carbocycles. The van der Waals surface area contributed by atoms with Crippen molar-refractivity contribution in [3.8, 4) is 17.2 Å². The van der Waals surface area contributed by atoms with Crippen molar-refractivity contribution < 1.29 is 20.1 Å². The van der Waals surface area contributed by atoms with Crippen LogP contribution in [0.3, 0.4) is 0 Å². The summed E-state index contributed by atoms with van der Waals surface area (Å²) in [7, 11) is 1.94. The highest BCUT2D eigenvalue weighted by Gasteiger charge is 2.28. The van der Waals surface area contributed by atoms with E-state index < -0.39 is 17.2 Å². The van der Waals surface area contributed by atoms with Gasteiger partial charge in [-0.25, -0.2) is 0 Å². The van der Waals surface area contributed by atoms with Gasteiger partial charge >= 0.3 is 0 Å². The summed E-state index contributed by atoms with van der Waals surface area (Å²) in [6, 6.07) is 28.6. The Hall–Kier alpha value is -4.33. The Balaban J connectivity index is 1.21. The topological polar surface area (TPSA) is 96.3 Å². The molecule has 0 atom stereocenters. The number of nitrogens with zero attached hydrogens (tertiary/aromatic N) is 2. The molecule has 5 rings (SSSR count). The summed E-state index contributed by atoms with van der Waals surface area (Å²) in [6.07, 6.45) is 3.53. The van der Waals surface area contributed by atoms with Crippen molar-refractivity contribution in [2.75, 3.05) is 26.7 Å². The normalized spacial score (nSPS) is 12.8. The highest BCUT2D eigenvalue weighted by atomic mass is 16.3. The first-order valence-corrected chi connectivity index (χ1v) is 15.0. The molecule has 4 aromatic rings. The molecule has 1 aliphatic rings. The van der Waals surface area contributed by atoms with Gasteiger partial charge in [0.25, 0.3) is 5.91 Å². The van der Waals surface area contributed by atoms with Crippen LogP contribution in [0.25, 0.3) is 0 Å². The summed E-state index contributed by atoms with van der Waals surface area (Å²) in [5, 5.41) is 35.3. The number of aryl methyl sites for hydroxylation is 1. The summed E-state index contributed by atoms with van der Waals surface area (Å²) in [4.78, 5) is 17.4. The van der Waals surface area contributed by atoms with E-state index in [9.17, 15) is 20.1 Å². The molecule has 1 aliphatic heterocycles. The number of hydrogen-bond donors (Lipinski definition) is 4. The van der Waals surface area contributed by atoms with E-state index in [0.29, 0.717) is 31.6 Å². The molecular weight excluding hydrogens is 538 g/mol. The molecule has 1 heterocycles. The van der Waals surface area contributed by atoms with E-state index in [1.807, 2.05) is 36.2 Å². The van der Waals surface area contributed by atoms with Crippen molar-refractivity contribution in [2.45, 2.75) is 45.3 Å². The number of rotatable bonds is 12. The van der Waals surface area contributed by atoms with Gasteiger partial charge in [0.1, 0.15) is 0 Å². The molecule has 1 amide bonds. The van der Waals surface area contributed by atoms with Crippen LogP contribution in [-0.2, 0) is 38.9 Å². The minimum Gasteiger partial charge on any atom is -0.504 e. The number of carbonyl (C=O) groups is 1. The van der Waals surface area contributed by atoms with E-state index in [1.165, 1.54) is 22.8 Å². The lowest BCUT2D eigenvalue weighted by atomic mass is 9.96. The van der Waals surface area contributed by atoms with Gasteiger partial charge in [-0.15, -0.1) is 0 Å². The fourth-order valence-corrected chi connectivity index (χ4v) is 5.73. The summed E-state index contributed by atoms with van der Waals surface area (Å²) in [5.74, 6) is -1.99. The van der Waals surface area contributed by atoms with Gasteiger partial charge in [0.05, 0.1) is 5.56 Å². The molecule has 0 bridgehead atoms. The van der Waals surface area contributed by atoms with Gasteiger partial charge in [-0.2, -0.15) is 0 Å². The summed E-state index contributed by atoms with van der Waals surface area (Å²) in [6.45, 7) is 3.64. The molecule has 224 valence electrons. The van der Waals surface area contributed by atoms with Crippen LogP contribution in [0.5, 0.6) is 17.2 Å². The highest BCUT2D eigenvalue weighted by molar-refractivity contribution is 5.98. The Morgan fingerprint density at radius 1 is 0.814 bits per heavy atom. The maximum atomic E-state index is 13.6. The molecule has 7 heteroatoms. The predicted octanol–water partition coefficient (Wildman–Crippen LogP) is 5.40. The van der Waals surface area contributed by atoms with E-state index in [4.69, 9.17) is 0 Å². The molecule has 0 aliphatic carbocycles.